The highest BCUT2D eigenvalue weighted by molar-refractivity contribution is 7.90. The second-order valence-corrected chi connectivity index (χ2v) is 7.60. The van der Waals surface area contributed by atoms with E-state index in [9.17, 15) is 18.0 Å². The Hall–Kier alpha value is -1.97. The van der Waals surface area contributed by atoms with Crippen LogP contribution in [-0.2, 0) is 24.1 Å². The van der Waals surface area contributed by atoms with Gasteiger partial charge in [0, 0.05) is 26.5 Å². The Balaban J connectivity index is 2.15. The van der Waals surface area contributed by atoms with Crippen LogP contribution in [0.4, 0.5) is 0 Å². The normalized spacial score (nSPS) is 14.8. The smallest absolute Gasteiger partial charge is 0.273 e. The topological polar surface area (TPSA) is 93.2 Å². The third-order valence-electron chi connectivity index (χ3n) is 3.73. The summed E-state index contributed by atoms with van der Waals surface area (Å²) in [5.74, 6) is -0.859. The molecule has 8 nitrogen and oxygen atoms in total. The molecule has 2 amide bonds. The number of hydrazine groups is 1. The van der Waals surface area contributed by atoms with Crippen LogP contribution in [0.1, 0.15) is 16.8 Å². The lowest BCUT2D eigenvalue weighted by Gasteiger charge is -2.28. The minimum atomic E-state index is -3.56. The van der Waals surface area contributed by atoms with Crippen molar-refractivity contribution < 1.29 is 27.5 Å². The first kappa shape index (κ1) is 19.4. The molecule has 0 aliphatic carbocycles. The predicted octanol–water partition coefficient (Wildman–Crippen LogP) is 0.343. The van der Waals surface area contributed by atoms with Crippen molar-refractivity contribution in [2.24, 2.45) is 0 Å². The Morgan fingerprint density at radius 2 is 1.80 bits per heavy atom. The number of rotatable bonds is 7. The van der Waals surface area contributed by atoms with Gasteiger partial charge in [-0.3, -0.25) is 9.59 Å². The van der Waals surface area contributed by atoms with Crippen LogP contribution in [-0.4, -0.2) is 76.5 Å². The fourth-order valence-corrected chi connectivity index (χ4v) is 3.44. The quantitative estimate of drug-likeness (QED) is 0.643. The number of nitrogens with zero attached hydrogens (tertiary/aromatic N) is 2. The molecule has 0 aromatic heterocycles. The molecule has 1 aliphatic heterocycles. The molecule has 2 rings (SSSR count). The summed E-state index contributed by atoms with van der Waals surface area (Å²) >= 11 is 0. The molecule has 1 fully saturated rings. The van der Waals surface area contributed by atoms with Crippen molar-refractivity contribution in [1.29, 1.82) is 0 Å². The van der Waals surface area contributed by atoms with Crippen LogP contribution in [0.15, 0.2) is 29.2 Å². The highest BCUT2D eigenvalue weighted by Gasteiger charge is 2.33. The second-order valence-electron chi connectivity index (χ2n) is 5.61. The summed E-state index contributed by atoms with van der Waals surface area (Å²) in [6.07, 6.45) is 1.67. The van der Waals surface area contributed by atoms with Crippen molar-refractivity contribution >= 4 is 21.7 Å². The van der Waals surface area contributed by atoms with E-state index in [4.69, 9.17) is 9.47 Å². The lowest BCUT2D eigenvalue weighted by molar-refractivity contribution is -0.146. The van der Waals surface area contributed by atoms with E-state index in [1.165, 1.54) is 29.3 Å². The highest BCUT2D eigenvalue weighted by atomic mass is 32.2. The number of sulfone groups is 1. The third kappa shape index (κ3) is 4.77. The van der Waals surface area contributed by atoms with Crippen LogP contribution in [0.25, 0.3) is 0 Å². The third-order valence-corrected chi connectivity index (χ3v) is 4.88. The van der Waals surface area contributed by atoms with Gasteiger partial charge in [0.25, 0.3) is 11.8 Å². The zero-order chi connectivity index (χ0) is 18.4. The van der Waals surface area contributed by atoms with Gasteiger partial charge in [-0.15, -0.1) is 0 Å². The molecular weight excluding hydrogens is 348 g/mol. The van der Waals surface area contributed by atoms with Gasteiger partial charge in [0.05, 0.1) is 23.7 Å². The molecule has 138 valence electrons. The molecular formula is C16H22N2O6S. The number of carbonyl (C=O) groups is 2. The molecule has 0 saturated carbocycles. The molecule has 1 saturated heterocycles. The number of carbonyl (C=O) groups excluding carboxylic acids is 2. The van der Waals surface area contributed by atoms with Gasteiger partial charge in [-0.25, -0.2) is 18.4 Å². The minimum absolute atomic E-state index is 0.0457. The molecule has 0 atom stereocenters. The molecule has 0 spiro atoms. The van der Waals surface area contributed by atoms with E-state index in [0.717, 1.165) is 6.26 Å². The fourth-order valence-electron chi connectivity index (χ4n) is 2.56. The summed E-state index contributed by atoms with van der Waals surface area (Å²) in [6.45, 7) is 1.22. The Bertz CT molecular complexity index is 734. The van der Waals surface area contributed by atoms with Crippen LogP contribution >= 0.6 is 0 Å². The Kier molecular flexibility index (Phi) is 6.51. The molecule has 1 aliphatic rings. The van der Waals surface area contributed by atoms with Crippen LogP contribution in [0.5, 0.6) is 0 Å². The summed E-state index contributed by atoms with van der Waals surface area (Å²) in [4.78, 5) is 25.1. The summed E-state index contributed by atoms with van der Waals surface area (Å²) in [5.41, 5.74) is 0.0602. The molecule has 1 aromatic rings. The number of amides is 2. The first-order valence-electron chi connectivity index (χ1n) is 7.84. The zero-order valence-corrected chi connectivity index (χ0v) is 15.1. The maximum atomic E-state index is 12.8. The lowest BCUT2D eigenvalue weighted by Crippen LogP contribution is -2.46. The number of methoxy groups -OCH3 is 1. The summed E-state index contributed by atoms with van der Waals surface area (Å²) in [5, 5.41) is 2.60. The van der Waals surface area contributed by atoms with Gasteiger partial charge in [-0.05, 0) is 18.6 Å². The molecule has 0 unspecified atom stereocenters. The van der Waals surface area contributed by atoms with Crippen molar-refractivity contribution in [2.45, 2.75) is 11.3 Å². The molecule has 25 heavy (non-hydrogen) atoms. The van der Waals surface area contributed by atoms with Crippen molar-refractivity contribution in [3.8, 4) is 0 Å². The molecule has 1 heterocycles. The van der Waals surface area contributed by atoms with E-state index < -0.39 is 15.7 Å². The summed E-state index contributed by atoms with van der Waals surface area (Å²) in [7, 11) is -2.02. The Morgan fingerprint density at radius 3 is 2.48 bits per heavy atom. The van der Waals surface area contributed by atoms with E-state index in [1.54, 1.807) is 12.1 Å². The van der Waals surface area contributed by atoms with Crippen LogP contribution in [0.2, 0.25) is 0 Å². The van der Waals surface area contributed by atoms with E-state index >= 15 is 0 Å². The first-order valence-corrected chi connectivity index (χ1v) is 9.73. The zero-order valence-electron chi connectivity index (χ0n) is 14.3. The number of hydrogen-bond donors (Lipinski definition) is 0. The van der Waals surface area contributed by atoms with E-state index in [1.807, 2.05) is 0 Å². The van der Waals surface area contributed by atoms with E-state index in [2.05, 4.69) is 0 Å². The first-order chi connectivity index (χ1) is 11.9. The van der Waals surface area contributed by atoms with Crippen molar-refractivity contribution in [2.75, 3.05) is 46.3 Å². The monoisotopic (exact) mass is 370 g/mol. The SMILES string of the molecule is COCCOCC(=O)N1CCCN1C(=O)c1ccccc1S(C)(=O)=O. The van der Waals surface area contributed by atoms with Gasteiger partial charge in [0.15, 0.2) is 9.84 Å². The second kappa shape index (κ2) is 8.41. The van der Waals surface area contributed by atoms with Crippen molar-refractivity contribution in [3.63, 3.8) is 0 Å². The fraction of sp³-hybridized carbons (Fsp3) is 0.500. The van der Waals surface area contributed by atoms with E-state index in [0.29, 0.717) is 26.1 Å². The molecule has 0 radical (unpaired) electrons. The van der Waals surface area contributed by atoms with E-state index in [-0.39, 0.29) is 29.6 Å². The largest absolute Gasteiger partial charge is 0.382 e. The predicted molar refractivity (Wildman–Crippen MR) is 89.6 cm³/mol. The average molecular weight is 370 g/mol. The van der Waals surface area contributed by atoms with Crippen molar-refractivity contribution in [1.82, 2.24) is 10.0 Å². The van der Waals surface area contributed by atoms with Gasteiger partial charge in [-0.2, -0.15) is 0 Å². The van der Waals surface area contributed by atoms with Gasteiger partial charge in [-0.1, -0.05) is 12.1 Å². The molecule has 0 bridgehead atoms. The minimum Gasteiger partial charge on any atom is -0.382 e. The van der Waals surface area contributed by atoms with Crippen molar-refractivity contribution in [3.05, 3.63) is 29.8 Å². The van der Waals surface area contributed by atoms with Gasteiger partial charge < -0.3 is 9.47 Å². The number of hydrogen-bond acceptors (Lipinski definition) is 6. The van der Waals surface area contributed by atoms with Crippen LogP contribution < -0.4 is 0 Å². The Morgan fingerprint density at radius 1 is 1.12 bits per heavy atom. The number of ether oxygens (including phenoxy) is 2. The lowest BCUT2D eigenvalue weighted by atomic mass is 10.2. The molecule has 1 aromatic carbocycles. The van der Waals surface area contributed by atoms with Gasteiger partial charge in [0.2, 0.25) is 0 Å². The summed E-state index contributed by atoms with van der Waals surface area (Å²) < 4.78 is 33.9. The maximum Gasteiger partial charge on any atom is 0.273 e. The standard InChI is InChI=1S/C16H22N2O6S/c1-23-10-11-24-12-15(19)17-8-5-9-18(17)16(20)13-6-3-4-7-14(13)25(2,21)22/h3-4,6-7H,5,8-12H2,1-2H3. The Labute approximate surface area is 147 Å². The maximum absolute atomic E-state index is 12.8. The number of benzene rings is 1. The molecule has 9 heteroatoms. The van der Waals surface area contributed by atoms with Gasteiger partial charge in [0.1, 0.15) is 6.61 Å². The molecule has 0 N–H and O–H groups in total. The van der Waals surface area contributed by atoms with Crippen LogP contribution in [0.3, 0.4) is 0 Å². The summed E-state index contributed by atoms with van der Waals surface area (Å²) in [6, 6.07) is 6.00. The average Bonchev–Trinajstić information content (AvgIpc) is 3.07. The van der Waals surface area contributed by atoms with Gasteiger partial charge >= 0.3 is 0 Å². The van der Waals surface area contributed by atoms with Crippen LogP contribution in [0, 0.1) is 0 Å². The highest BCUT2D eigenvalue weighted by Crippen LogP contribution is 2.21.